The quantitative estimate of drug-likeness (QED) is 0.359. The second-order valence-electron chi connectivity index (χ2n) is 3.28. The maximum atomic E-state index is 11.8. The van der Waals surface area contributed by atoms with Crippen LogP contribution in [0.25, 0.3) is 0 Å². The fourth-order valence-electron chi connectivity index (χ4n) is 0.976. The molecule has 0 atom stereocenters. The zero-order valence-electron chi connectivity index (χ0n) is 9.66. The molecular formula is C10H7F3N2O4S. The average molecular weight is 308 g/mol. The lowest BCUT2D eigenvalue weighted by Crippen LogP contribution is -2.23. The van der Waals surface area contributed by atoms with Crippen LogP contribution in [0.5, 0.6) is 5.75 Å². The molecule has 0 saturated heterocycles. The normalized spacial score (nSPS) is 12.1. The highest BCUT2D eigenvalue weighted by atomic mass is 32.2. The molecule has 1 aromatic rings. The van der Waals surface area contributed by atoms with E-state index < -0.39 is 15.6 Å². The molecule has 108 valence electrons. The molecule has 0 fully saturated rings. The zero-order chi connectivity index (χ0) is 15.2. The number of hydrogen-bond donors (Lipinski definition) is 0. The summed E-state index contributed by atoms with van der Waals surface area (Å²) in [6.07, 6.45) is 0.601. The summed E-state index contributed by atoms with van der Waals surface area (Å²) in [7, 11) is -5.78. The Labute approximate surface area is 112 Å². The van der Waals surface area contributed by atoms with Gasteiger partial charge in [0.2, 0.25) is 6.40 Å². The van der Waals surface area contributed by atoms with Crippen LogP contribution in [0.4, 0.5) is 13.2 Å². The van der Waals surface area contributed by atoms with E-state index in [-0.39, 0.29) is 12.2 Å². The first-order chi connectivity index (χ1) is 9.26. The Hall–Kier alpha value is -2.28. The lowest BCUT2D eigenvalue weighted by molar-refractivity contribution is -0.0541. The van der Waals surface area contributed by atoms with Gasteiger partial charge in [0.15, 0.2) is 0 Å². The first-order valence-corrected chi connectivity index (χ1v) is 6.31. The largest absolute Gasteiger partial charge is 0.536 e. The molecule has 0 N–H and O–H groups in total. The van der Waals surface area contributed by atoms with Crippen molar-refractivity contribution >= 4 is 16.5 Å². The number of hydrogen-bond acceptors (Lipinski definition) is 6. The molecule has 0 spiro atoms. The number of nitrogens with zero attached hydrogens (tertiary/aromatic N) is 2. The van der Waals surface area contributed by atoms with Gasteiger partial charge in [-0.05, 0) is 22.9 Å². The van der Waals surface area contributed by atoms with Crippen LogP contribution in [-0.2, 0) is 20.8 Å². The van der Waals surface area contributed by atoms with Gasteiger partial charge < -0.3 is 4.74 Å². The lowest BCUT2D eigenvalue weighted by atomic mass is 10.2. The van der Waals surface area contributed by atoms with Crippen molar-refractivity contribution < 1.29 is 30.6 Å². The van der Waals surface area contributed by atoms with E-state index in [1.54, 1.807) is 12.1 Å². The number of halogens is 3. The fraction of sp³-hybridized carbons (Fsp3) is 0.200. The Morgan fingerprint density at radius 2 is 1.90 bits per heavy atom. The van der Waals surface area contributed by atoms with E-state index in [1.807, 2.05) is 6.07 Å². The molecule has 0 aliphatic carbocycles. The van der Waals surface area contributed by atoms with Crippen molar-refractivity contribution in [3.63, 3.8) is 0 Å². The molecule has 10 heteroatoms. The molecular weight excluding hydrogens is 301 g/mol. The van der Waals surface area contributed by atoms with Crippen LogP contribution in [0.15, 0.2) is 29.4 Å². The fourth-order valence-corrected chi connectivity index (χ4v) is 1.21. The summed E-state index contributed by atoms with van der Waals surface area (Å²) < 4.78 is 64.4. The summed E-state index contributed by atoms with van der Waals surface area (Å²) in [5.74, 6) is 0.184. The van der Waals surface area contributed by atoms with Gasteiger partial charge in [0.25, 0.3) is 0 Å². The van der Waals surface area contributed by atoms with Crippen LogP contribution >= 0.6 is 0 Å². The average Bonchev–Trinajstić information content (AvgIpc) is 2.35. The molecule has 0 heterocycles. The summed E-state index contributed by atoms with van der Waals surface area (Å²) in [4.78, 5) is 0. The molecule has 0 amide bonds. The maximum absolute atomic E-state index is 11.8. The van der Waals surface area contributed by atoms with Crippen molar-refractivity contribution in [3.8, 4) is 11.8 Å². The highest BCUT2D eigenvalue weighted by Crippen LogP contribution is 2.24. The number of rotatable bonds is 5. The van der Waals surface area contributed by atoms with Gasteiger partial charge in [-0.15, -0.1) is 0 Å². The van der Waals surface area contributed by atoms with E-state index in [4.69, 9.17) is 10.00 Å². The van der Waals surface area contributed by atoms with Crippen molar-refractivity contribution in [2.75, 3.05) is 0 Å². The second-order valence-corrected chi connectivity index (χ2v) is 4.80. The molecule has 1 aromatic carbocycles. The zero-order valence-corrected chi connectivity index (χ0v) is 10.5. The van der Waals surface area contributed by atoms with Crippen molar-refractivity contribution in [2.45, 2.75) is 11.9 Å². The van der Waals surface area contributed by atoms with Crippen molar-refractivity contribution in [2.24, 2.45) is 5.16 Å². The minimum Gasteiger partial charge on any atom is -0.442 e. The molecule has 0 saturated carbocycles. The van der Waals surface area contributed by atoms with E-state index in [0.717, 1.165) is 0 Å². The first-order valence-electron chi connectivity index (χ1n) is 4.90. The van der Waals surface area contributed by atoms with Gasteiger partial charge >= 0.3 is 15.6 Å². The molecule has 6 nitrogen and oxygen atoms in total. The Morgan fingerprint density at radius 1 is 1.30 bits per heavy atom. The summed E-state index contributed by atoms with van der Waals surface area (Å²) in [5, 5.41) is 11.0. The number of ether oxygens (including phenoxy) is 1. The number of nitriles is 1. The number of alkyl halides is 3. The van der Waals surface area contributed by atoms with Gasteiger partial charge in [-0.2, -0.15) is 26.9 Å². The van der Waals surface area contributed by atoms with Crippen LogP contribution in [0, 0.1) is 11.3 Å². The second kappa shape index (κ2) is 6.25. The summed E-state index contributed by atoms with van der Waals surface area (Å²) >= 11 is 0. The monoisotopic (exact) mass is 308 g/mol. The maximum Gasteiger partial charge on any atom is 0.536 e. The SMILES string of the molecule is N#CCc1ccc(OC=NOS(=O)(=O)C(F)(F)F)cc1. The van der Waals surface area contributed by atoms with E-state index in [2.05, 4.69) is 9.44 Å². The third-order valence-corrected chi connectivity index (χ3v) is 2.71. The molecule has 1 rings (SSSR count). The predicted octanol–water partition coefficient (Wildman–Crippen LogP) is 1.94. The van der Waals surface area contributed by atoms with Crippen LogP contribution in [0.3, 0.4) is 0 Å². The van der Waals surface area contributed by atoms with Crippen LogP contribution in [-0.4, -0.2) is 20.3 Å². The van der Waals surface area contributed by atoms with Crippen LogP contribution < -0.4 is 4.74 Å². The van der Waals surface area contributed by atoms with Gasteiger partial charge in [0, 0.05) is 0 Å². The molecule has 0 bridgehead atoms. The molecule has 0 aromatic heterocycles. The number of benzene rings is 1. The van der Waals surface area contributed by atoms with Gasteiger partial charge in [-0.3, -0.25) is 4.28 Å². The van der Waals surface area contributed by atoms with E-state index in [1.165, 1.54) is 12.1 Å². The topological polar surface area (TPSA) is 88.8 Å². The number of oxime groups is 1. The van der Waals surface area contributed by atoms with E-state index in [9.17, 15) is 21.6 Å². The molecule has 0 aliphatic rings. The van der Waals surface area contributed by atoms with Gasteiger partial charge in [0.05, 0.1) is 12.5 Å². The molecule has 0 aliphatic heterocycles. The molecule has 0 unspecified atom stereocenters. The Balaban J connectivity index is 2.56. The minimum absolute atomic E-state index is 0.184. The van der Waals surface area contributed by atoms with Crippen molar-refractivity contribution in [1.82, 2.24) is 0 Å². The Kier molecular flexibility index (Phi) is 4.93. The summed E-state index contributed by atoms with van der Waals surface area (Å²) in [6, 6.07) is 7.89. The Morgan fingerprint density at radius 3 is 2.40 bits per heavy atom. The third kappa shape index (κ3) is 4.43. The van der Waals surface area contributed by atoms with Gasteiger partial charge in [-0.25, -0.2) is 0 Å². The predicted molar refractivity (Wildman–Crippen MR) is 60.9 cm³/mol. The highest BCUT2D eigenvalue weighted by Gasteiger charge is 2.48. The van der Waals surface area contributed by atoms with E-state index in [0.29, 0.717) is 12.0 Å². The van der Waals surface area contributed by atoms with Crippen molar-refractivity contribution in [1.29, 1.82) is 5.26 Å². The van der Waals surface area contributed by atoms with Crippen LogP contribution in [0.2, 0.25) is 0 Å². The minimum atomic E-state index is -5.78. The highest BCUT2D eigenvalue weighted by molar-refractivity contribution is 7.87. The van der Waals surface area contributed by atoms with Crippen LogP contribution in [0.1, 0.15) is 5.56 Å². The smallest absolute Gasteiger partial charge is 0.442 e. The first kappa shape index (κ1) is 15.8. The molecule has 20 heavy (non-hydrogen) atoms. The van der Waals surface area contributed by atoms with Crippen molar-refractivity contribution in [3.05, 3.63) is 29.8 Å². The van der Waals surface area contributed by atoms with E-state index >= 15 is 0 Å². The summed E-state index contributed by atoms with van der Waals surface area (Å²) in [6.45, 7) is 0. The van der Waals surface area contributed by atoms with Gasteiger partial charge in [-0.1, -0.05) is 12.1 Å². The molecule has 0 radical (unpaired) electrons. The van der Waals surface area contributed by atoms with Gasteiger partial charge in [0.1, 0.15) is 5.75 Å². The Bertz CT molecular complexity index is 617. The summed E-state index contributed by atoms with van der Waals surface area (Å²) in [5.41, 5.74) is -4.84. The third-order valence-electron chi connectivity index (χ3n) is 1.86. The standard InChI is InChI=1S/C10H7F3N2O4S/c11-10(12,13)20(16,17)19-15-7-18-9-3-1-8(2-4-9)5-6-14/h1-4,7H,5H2. The lowest BCUT2D eigenvalue weighted by Gasteiger charge is -2.04.